The van der Waals surface area contributed by atoms with Crippen LogP contribution in [0.25, 0.3) is 0 Å². The molecule has 2 aromatic carbocycles. The summed E-state index contributed by atoms with van der Waals surface area (Å²) in [5.41, 5.74) is 2.21. The van der Waals surface area contributed by atoms with E-state index in [1.165, 1.54) is 6.92 Å². The number of carbonyl (C=O) groups is 2. The van der Waals surface area contributed by atoms with Crippen molar-refractivity contribution in [2.24, 2.45) is 0 Å². The van der Waals surface area contributed by atoms with E-state index in [-0.39, 0.29) is 11.8 Å². The summed E-state index contributed by atoms with van der Waals surface area (Å²) in [6.45, 7) is 4.08. The first-order valence-corrected chi connectivity index (χ1v) is 8.22. The Labute approximate surface area is 151 Å². The highest BCUT2D eigenvalue weighted by Gasteiger charge is 2.15. The zero-order chi connectivity index (χ0) is 17.7. The number of anilines is 1. The van der Waals surface area contributed by atoms with Gasteiger partial charge in [-0.3, -0.25) is 9.59 Å². The first-order valence-electron chi connectivity index (χ1n) is 7.46. The highest BCUT2D eigenvalue weighted by atomic mass is 35.5. The molecule has 24 heavy (non-hydrogen) atoms. The Morgan fingerprint density at radius 3 is 2.29 bits per heavy atom. The van der Waals surface area contributed by atoms with Gasteiger partial charge in [-0.2, -0.15) is 0 Å². The lowest BCUT2D eigenvalue weighted by Crippen LogP contribution is -2.37. The van der Waals surface area contributed by atoms with Crippen LogP contribution in [0.1, 0.15) is 22.8 Å². The molecule has 0 spiro atoms. The van der Waals surface area contributed by atoms with Gasteiger partial charge in [0.15, 0.2) is 0 Å². The standard InChI is InChI=1S/C18H18Cl2N2O2/c1-12-3-6-16(20)11-17(12)22(13(2)23)10-9-21-18(24)14-4-7-15(19)8-5-14/h3-8,11H,9-10H2,1-2H3,(H,21,24). The summed E-state index contributed by atoms with van der Waals surface area (Å²) in [5, 5.41) is 3.94. The molecule has 0 aliphatic heterocycles. The van der Waals surface area contributed by atoms with Gasteiger partial charge in [0.2, 0.25) is 5.91 Å². The van der Waals surface area contributed by atoms with Gasteiger partial charge >= 0.3 is 0 Å². The van der Waals surface area contributed by atoms with E-state index in [4.69, 9.17) is 23.2 Å². The van der Waals surface area contributed by atoms with Crippen LogP contribution in [0.5, 0.6) is 0 Å². The van der Waals surface area contributed by atoms with E-state index in [9.17, 15) is 9.59 Å². The van der Waals surface area contributed by atoms with Crippen LogP contribution in [0, 0.1) is 6.92 Å². The number of halogens is 2. The molecule has 6 heteroatoms. The van der Waals surface area contributed by atoms with Gasteiger partial charge in [0.05, 0.1) is 0 Å². The lowest BCUT2D eigenvalue weighted by molar-refractivity contribution is -0.116. The Balaban J connectivity index is 2.02. The summed E-state index contributed by atoms with van der Waals surface area (Å²) in [7, 11) is 0. The number of amides is 2. The molecule has 0 saturated carbocycles. The molecule has 2 rings (SSSR count). The zero-order valence-electron chi connectivity index (χ0n) is 13.5. The topological polar surface area (TPSA) is 49.4 Å². The summed E-state index contributed by atoms with van der Waals surface area (Å²) >= 11 is 11.8. The van der Waals surface area contributed by atoms with Crippen molar-refractivity contribution >= 4 is 40.7 Å². The summed E-state index contributed by atoms with van der Waals surface area (Å²) in [5.74, 6) is -0.320. The van der Waals surface area contributed by atoms with Crippen molar-refractivity contribution in [3.8, 4) is 0 Å². The summed E-state index contributed by atoms with van der Waals surface area (Å²) in [6.07, 6.45) is 0. The molecule has 0 heterocycles. The molecule has 0 unspecified atom stereocenters. The van der Waals surface area contributed by atoms with Crippen LogP contribution < -0.4 is 10.2 Å². The second-order valence-electron chi connectivity index (χ2n) is 5.36. The van der Waals surface area contributed by atoms with E-state index in [1.807, 2.05) is 13.0 Å². The highest BCUT2D eigenvalue weighted by molar-refractivity contribution is 6.31. The van der Waals surface area contributed by atoms with Crippen LogP contribution in [0.2, 0.25) is 10.0 Å². The zero-order valence-corrected chi connectivity index (χ0v) is 15.0. The average Bonchev–Trinajstić information content (AvgIpc) is 2.54. The molecule has 4 nitrogen and oxygen atoms in total. The molecule has 0 radical (unpaired) electrons. The van der Waals surface area contributed by atoms with Crippen LogP contribution in [-0.2, 0) is 4.79 Å². The maximum atomic E-state index is 12.1. The highest BCUT2D eigenvalue weighted by Crippen LogP contribution is 2.24. The molecule has 0 bridgehead atoms. The van der Waals surface area contributed by atoms with Crippen LogP contribution in [0.3, 0.4) is 0 Å². The second-order valence-corrected chi connectivity index (χ2v) is 6.24. The maximum absolute atomic E-state index is 12.1. The Bertz CT molecular complexity index is 745. The quantitative estimate of drug-likeness (QED) is 0.868. The smallest absolute Gasteiger partial charge is 0.251 e. The fourth-order valence-electron chi connectivity index (χ4n) is 2.31. The van der Waals surface area contributed by atoms with Crippen LogP contribution >= 0.6 is 23.2 Å². The molecular formula is C18H18Cl2N2O2. The van der Waals surface area contributed by atoms with E-state index in [0.29, 0.717) is 28.7 Å². The minimum atomic E-state index is -0.210. The van der Waals surface area contributed by atoms with E-state index in [0.717, 1.165) is 11.3 Å². The molecule has 0 fully saturated rings. The fraction of sp³-hybridized carbons (Fsp3) is 0.222. The van der Waals surface area contributed by atoms with E-state index in [1.54, 1.807) is 41.3 Å². The summed E-state index contributed by atoms with van der Waals surface area (Å²) in [4.78, 5) is 25.6. The number of hydrogen-bond acceptors (Lipinski definition) is 2. The van der Waals surface area contributed by atoms with Gasteiger partial charge in [-0.15, -0.1) is 0 Å². The molecule has 0 aliphatic rings. The normalized spacial score (nSPS) is 10.3. The number of nitrogens with zero attached hydrogens (tertiary/aromatic N) is 1. The van der Waals surface area contributed by atoms with Crippen LogP contribution in [-0.4, -0.2) is 24.9 Å². The lowest BCUT2D eigenvalue weighted by atomic mass is 10.1. The minimum Gasteiger partial charge on any atom is -0.350 e. The van der Waals surface area contributed by atoms with E-state index in [2.05, 4.69) is 5.32 Å². The largest absolute Gasteiger partial charge is 0.350 e. The van der Waals surface area contributed by atoms with Crippen molar-refractivity contribution in [3.05, 3.63) is 63.6 Å². The van der Waals surface area contributed by atoms with Crippen LogP contribution in [0.4, 0.5) is 5.69 Å². The molecular weight excluding hydrogens is 347 g/mol. The van der Waals surface area contributed by atoms with E-state index >= 15 is 0 Å². The summed E-state index contributed by atoms with van der Waals surface area (Å²) < 4.78 is 0. The van der Waals surface area contributed by atoms with Crippen molar-refractivity contribution in [2.45, 2.75) is 13.8 Å². The molecule has 2 amide bonds. The third kappa shape index (κ3) is 4.73. The van der Waals surface area contributed by atoms with Gasteiger partial charge in [-0.25, -0.2) is 0 Å². The SMILES string of the molecule is CC(=O)N(CCNC(=O)c1ccc(Cl)cc1)c1cc(Cl)ccc1C. The van der Waals surface area contributed by atoms with Gasteiger partial charge in [0, 0.05) is 41.3 Å². The van der Waals surface area contributed by atoms with Gasteiger partial charge < -0.3 is 10.2 Å². The van der Waals surface area contributed by atoms with Crippen molar-refractivity contribution in [1.82, 2.24) is 5.32 Å². The predicted molar refractivity (Wildman–Crippen MR) is 98.0 cm³/mol. The number of benzene rings is 2. The van der Waals surface area contributed by atoms with Gasteiger partial charge in [-0.05, 0) is 48.9 Å². The Hall–Kier alpha value is -2.04. The van der Waals surface area contributed by atoms with Crippen LogP contribution in [0.15, 0.2) is 42.5 Å². The Morgan fingerprint density at radius 2 is 1.67 bits per heavy atom. The molecule has 0 aliphatic carbocycles. The van der Waals surface area contributed by atoms with Gasteiger partial charge in [-0.1, -0.05) is 29.3 Å². The predicted octanol–water partition coefficient (Wildman–Crippen LogP) is 4.08. The molecule has 0 aromatic heterocycles. The molecule has 0 atom stereocenters. The fourth-order valence-corrected chi connectivity index (χ4v) is 2.60. The summed E-state index contributed by atoms with van der Waals surface area (Å²) in [6, 6.07) is 12.0. The first-order chi connectivity index (χ1) is 11.4. The van der Waals surface area contributed by atoms with Crippen molar-refractivity contribution in [1.29, 1.82) is 0 Å². The number of hydrogen-bond donors (Lipinski definition) is 1. The van der Waals surface area contributed by atoms with Crippen molar-refractivity contribution in [3.63, 3.8) is 0 Å². The Morgan fingerprint density at radius 1 is 1.04 bits per heavy atom. The molecule has 0 saturated heterocycles. The third-order valence-corrected chi connectivity index (χ3v) is 4.06. The second kappa shape index (κ2) is 8.18. The third-order valence-electron chi connectivity index (χ3n) is 3.57. The number of nitrogens with one attached hydrogen (secondary N) is 1. The van der Waals surface area contributed by atoms with Crippen molar-refractivity contribution in [2.75, 3.05) is 18.0 Å². The average molecular weight is 365 g/mol. The van der Waals surface area contributed by atoms with E-state index < -0.39 is 0 Å². The number of rotatable bonds is 5. The molecule has 2 aromatic rings. The number of carbonyl (C=O) groups excluding carboxylic acids is 2. The molecule has 126 valence electrons. The molecule has 1 N–H and O–H groups in total. The first kappa shape index (κ1) is 18.3. The van der Waals surface area contributed by atoms with Gasteiger partial charge in [0.25, 0.3) is 5.91 Å². The number of aryl methyl sites for hydroxylation is 1. The Kier molecular flexibility index (Phi) is 6.23. The van der Waals surface area contributed by atoms with Gasteiger partial charge in [0.1, 0.15) is 0 Å². The van der Waals surface area contributed by atoms with Crippen molar-refractivity contribution < 1.29 is 9.59 Å². The maximum Gasteiger partial charge on any atom is 0.251 e. The monoisotopic (exact) mass is 364 g/mol. The lowest BCUT2D eigenvalue weighted by Gasteiger charge is -2.23. The minimum absolute atomic E-state index is 0.110.